The van der Waals surface area contributed by atoms with Gasteiger partial charge in [0, 0.05) is 40.0 Å². The Morgan fingerprint density at radius 3 is 2.33 bits per heavy atom. The van der Waals surface area contributed by atoms with E-state index >= 15 is 0 Å². The Morgan fingerprint density at radius 1 is 1.27 bits per heavy atom. The molecule has 0 aromatic heterocycles. The average molecular weight is 231 g/mol. The van der Waals surface area contributed by atoms with E-state index in [1.807, 2.05) is 0 Å². The van der Waals surface area contributed by atoms with E-state index in [-0.39, 0.29) is 0 Å². The highest BCUT2D eigenvalue weighted by Crippen LogP contribution is 2.21. The van der Waals surface area contributed by atoms with E-state index < -0.39 is 8.80 Å². The van der Waals surface area contributed by atoms with Gasteiger partial charge in [-0.05, 0) is 13.5 Å². The molecule has 0 amide bonds. The average Bonchev–Trinajstić information content (AvgIpc) is 2.29. The summed E-state index contributed by atoms with van der Waals surface area (Å²) in [6.45, 7) is 1.09. The molecule has 0 aromatic rings. The van der Waals surface area contributed by atoms with E-state index in [4.69, 9.17) is 13.3 Å². The number of hydrogen-bond donors (Lipinski definition) is 0. The molecule has 1 aliphatic rings. The van der Waals surface area contributed by atoms with Crippen molar-refractivity contribution in [3.05, 3.63) is 12.2 Å². The van der Waals surface area contributed by atoms with Crippen molar-refractivity contribution in [1.29, 1.82) is 0 Å². The summed E-state index contributed by atoms with van der Waals surface area (Å²) in [5.74, 6) is 0. The minimum Gasteiger partial charge on any atom is -0.377 e. The van der Waals surface area contributed by atoms with Crippen LogP contribution < -0.4 is 0 Å². The van der Waals surface area contributed by atoms with E-state index in [9.17, 15) is 0 Å². The number of rotatable bonds is 5. The molecular weight excluding hydrogens is 210 g/mol. The molecule has 0 fully saturated rings. The van der Waals surface area contributed by atoms with Crippen LogP contribution >= 0.6 is 0 Å². The van der Waals surface area contributed by atoms with Crippen molar-refractivity contribution in [2.75, 3.05) is 34.9 Å². The zero-order valence-electron chi connectivity index (χ0n) is 10.0. The van der Waals surface area contributed by atoms with Crippen LogP contribution in [-0.4, -0.2) is 54.7 Å². The van der Waals surface area contributed by atoms with Gasteiger partial charge in [0.25, 0.3) is 0 Å². The smallest absolute Gasteiger partial charge is 0.377 e. The first-order valence-corrected chi connectivity index (χ1v) is 7.13. The Labute approximate surface area is 93.2 Å². The van der Waals surface area contributed by atoms with Crippen molar-refractivity contribution in [3.8, 4) is 0 Å². The second-order valence-corrected chi connectivity index (χ2v) is 6.76. The van der Waals surface area contributed by atoms with E-state index in [0.29, 0.717) is 6.04 Å². The molecule has 0 saturated heterocycles. The molecule has 0 saturated carbocycles. The zero-order chi connectivity index (χ0) is 11.3. The maximum Gasteiger partial charge on any atom is 0.502 e. The van der Waals surface area contributed by atoms with Crippen LogP contribution in [0.4, 0.5) is 0 Å². The maximum absolute atomic E-state index is 5.42. The predicted octanol–water partition coefficient (Wildman–Crippen LogP) is 1.12. The Morgan fingerprint density at radius 2 is 1.87 bits per heavy atom. The van der Waals surface area contributed by atoms with Gasteiger partial charge in [-0.2, -0.15) is 0 Å². The van der Waals surface area contributed by atoms with E-state index in [0.717, 1.165) is 19.0 Å². The molecule has 4 nitrogen and oxygen atoms in total. The lowest BCUT2D eigenvalue weighted by Gasteiger charge is -2.33. The van der Waals surface area contributed by atoms with E-state index in [2.05, 4.69) is 24.1 Å². The van der Waals surface area contributed by atoms with Gasteiger partial charge in [0.05, 0.1) is 0 Å². The molecule has 0 N–H and O–H groups in total. The fourth-order valence-corrected chi connectivity index (χ4v) is 3.78. The van der Waals surface area contributed by atoms with Crippen LogP contribution in [0.25, 0.3) is 0 Å². The van der Waals surface area contributed by atoms with E-state index in [1.165, 1.54) is 0 Å². The van der Waals surface area contributed by atoms with Gasteiger partial charge in [-0.25, -0.2) is 0 Å². The number of likely N-dealkylation sites (N-methyl/N-ethyl adjacent to an activating group) is 1. The summed E-state index contributed by atoms with van der Waals surface area (Å²) in [4.78, 5) is 2.30. The maximum atomic E-state index is 5.42. The van der Waals surface area contributed by atoms with Crippen LogP contribution in [0.2, 0.25) is 6.04 Å². The molecule has 0 radical (unpaired) electrons. The third-order valence-electron chi connectivity index (χ3n) is 2.97. The number of nitrogens with zero attached hydrogens (tertiary/aromatic N) is 1. The van der Waals surface area contributed by atoms with Gasteiger partial charge in [-0.3, -0.25) is 4.90 Å². The summed E-state index contributed by atoms with van der Waals surface area (Å²) < 4.78 is 16.3. The molecule has 0 aromatic carbocycles. The molecule has 88 valence electrons. The summed E-state index contributed by atoms with van der Waals surface area (Å²) in [7, 11) is 4.66. The second kappa shape index (κ2) is 5.76. The Balaban J connectivity index is 2.64. The number of hydrogen-bond acceptors (Lipinski definition) is 4. The molecule has 0 bridgehead atoms. The van der Waals surface area contributed by atoms with Gasteiger partial charge in [0.15, 0.2) is 0 Å². The lowest BCUT2D eigenvalue weighted by Crippen LogP contribution is -2.49. The molecule has 1 aliphatic heterocycles. The molecular formula is C10H21NO3Si. The molecule has 15 heavy (non-hydrogen) atoms. The minimum atomic E-state index is -2.44. The monoisotopic (exact) mass is 231 g/mol. The zero-order valence-corrected chi connectivity index (χ0v) is 11.0. The summed E-state index contributed by atoms with van der Waals surface area (Å²) >= 11 is 0. The van der Waals surface area contributed by atoms with Crippen molar-refractivity contribution in [2.24, 2.45) is 0 Å². The van der Waals surface area contributed by atoms with Crippen LogP contribution in [0.5, 0.6) is 0 Å². The van der Waals surface area contributed by atoms with Crippen molar-refractivity contribution in [1.82, 2.24) is 4.90 Å². The highest BCUT2D eigenvalue weighted by Gasteiger charge is 2.41. The summed E-state index contributed by atoms with van der Waals surface area (Å²) in [5, 5.41) is 0. The molecule has 5 heteroatoms. The van der Waals surface area contributed by atoms with Crippen LogP contribution in [0.15, 0.2) is 12.2 Å². The van der Waals surface area contributed by atoms with Gasteiger partial charge in [-0.15, -0.1) is 0 Å². The first-order valence-electron chi connectivity index (χ1n) is 5.20. The van der Waals surface area contributed by atoms with Gasteiger partial charge in [-0.1, -0.05) is 12.2 Å². The minimum absolute atomic E-state index is 0.366. The molecule has 1 heterocycles. The van der Waals surface area contributed by atoms with Crippen molar-refractivity contribution < 1.29 is 13.3 Å². The fourth-order valence-electron chi connectivity index (χ4n) is 1.82. The molecule has 0 spiro atoms. The largest absolute Gasteiger partial charge is 0.502 e. The summed E-state index contributed by atoms with van der Waals surface area (Å²) in [6, 6.07) is 1.18. The van der Waals surface area contributed by atoms with Gasteiger partial charge in [0.1, 0.15) is 0 Å². The van der Waals surface area contributed by atoms with Gasteiger partial charge < -0.3 is 13.3 Å². The summed E-state index contributed by atoms with van der Waals surface area (Å²) in [6.07, 6.45) is 5.54. The standard InChI is InChI=1S/C10H21NO3Si/c1-11-8-6-5-7-10(11)9-15(12-2,13-3)14-4/h5,7,10H,6,8-9H2,1-4H3. The third-order valence-corrected chi connectivity index (χ3v) is 5.75. The van der Waals surface area contributed by atoms with Crippen LogP contribution in [0.1, 0.15) is 6.42 Å². The summed E-state index contributed by atoms with van der Waals surface area (Å²) in [5.41, 5.74) is 0. The lowest BCUT2D eigenvalue weighted by atomic mass is 10.2. The molecule has 1 atom stereocenters. The van der Waals surface area contributed by atoms with Crippen molar-refractivity contribution >= 4 is 8.80 Å². The molecule has 1 unspecified atom stereocenters. The van der Waals surface area contributed by atoms with Crippen molar-refractivity contribution in [3.63, 3.8) is 0 Å². The predicted molar refractivity (Wildman–Crippen MR) is 61.8 cm³/mol. The third kappa shape index (κ3) is 3.12. The molecule has 0 aliphatic carbocycles. The quantitative estimate of drug-likeness (QED) is 0.524. The van der Waals surface area contributed by atoms with Crippen LogP contribution in [-0.2, 0) is 13.3 Å². The van der Waals surface area contributed by atoms with E-state index in [1.54, 1.807) is 21.3 Å². The first-order chi connectivity index (χ1) is 7.17. The fraction of sp³-hybridized carbons (Fsp3) is 0.800. The highest BCUT2D eigenvalue weighted by molar-refractivity contribution is 6.60. The lowest BCUT2D eigenvalue weighted by molar-refractivity contribution is 0.114. The Kier molecular flexibility index (Phi) is 4.94. The Hall–Kier alpha value is -0.203. The van der Waals surface area contributed by atoms with Gasteiger partial charge >= 0.3 is 8.80 Å². The first kappa shape index (κ1) is 12.9. The van der Waals surface area contributed by atoms with Crippen molar-refractivity contribution in [2.45, 2.75) is 18.5 Å². The van der Waals surface area contributed by atoms with Gasteiger partial charge in [0.2, 0.25) is 0 Å². The van der Waals surface area contributed by atoms with Crippen LogP contribution in [0, 0.1) is 0 Å². The SMILES string of the molecule is CO[Si](CC1C=CCCN1C)(OC)OC. The normalized spacial score (nSPS) is 23.3. The topological polar surface area (TPSA) is 30.9 Å². The second-order valence-electron chi connectivity index (χ2n) is 3.76. The Bertz CT molecular complexity index is 210. The molecule has 1 rings (SSSR count). The van der Waals surface area contributed by atoms with Crippen LogP contribution in [0.3, 0.4) is 0 Å². The highest BCUT2D eigenvalue weighted by atomic mass is 28.4.